The van der Waals surface area contributed by atoms with Gasteiger partial charge in [-0.2, -0.15) is 11.3 Å². The molecule has 7 heteroatoms. The first-order chi connectivity index (χ1) is 10.1. The molecule has 1 aromatic heterocycles. The van der Waals surface area contributed by atoms with Gasteiger partial charge in [0.2, 0.25) is 11.8 Å². The number of nitrogens with zero attached hydrogens (tertiary/aromatic N) is 2. The van der Waals surface area contributed by atoms with Gasteiger partial charge in [-0.15, -0.1) is 0 Å². The molecule has 2 amide bonds. The number of aliphatic hydroxyl groups excluding tert-OH is 1. The number of hydrogen-bond donors (Lipinski definition) is 2. The van der Waals surface area contributed by atoms with Crippen LogP contribution in [0.5, 0.6) is 0 Å². The van der Waals surface area contributed by atoms with Gasteiger partial charge < -0.3 is 15.3 Å². The fraction of sp³-hybridized carbons (Fsp3) is 0.571. The quantitative estimate of drug-likeness (QED) is 0.800. The Morgan fingerprint density at radius 3 is 2.95 bits per heavy atom. The summed E-state index contributed by atoms with van der Waals surface area (Å²) in [6, 6.07) is 0.823. The van der Waals surface area contributed by atoms with Crippen molar-refractivity contribution >= 4 is 23.2 Å². The molecule has 3 atom stereocenters. The van der Waals surface area contributed by atoms with Crippen molar-refractivity contribution in [1.82, 2.24) is 15.1 Å². The van der Waals surface area contributed by atoms with Crippen LogP contribution in [0.25, 0.3) is 0 Å². The van der Waals surface area contributed by atoms with Gasteiger partial charge in [-0.05, 0) is 29.3 Å². The summed E-state index contributed by atoms with van der Waals surface area (Å²) in [5.74, 6) is -0.347. The number of carbonyl (C=O) groups excluding carboxylic acids is 2. The van der Waals surface area contributed by atoms with E-state index in [1.165, 1.54) is 12.5 Å². The molecule has 2 saturated heterocycles. The zero-order valence-corrected chi connectivity index (χ0v) is 12.7. The van der Waals surface area contributed by atoms with E-state index in [1.807, 2.05) is 5.38 Å². The minimum atomic E-state index is -0.869. The monoisotopic (exact) mass is 309 g/mol. The lowest BCUT2D eigenvalue weighted by atomic mass is 10.0. The molecule has 3 heterocycles. The molecule has 2 aliphatic heterocycles. The highest BCUT2D eigenvalue weighted by molar-refractivity contribution is 7.07. The summed E-state index contributed by atoms with van der Waals surface area (Å²) in [6.07, 6.45) is -0.869. The Kier molecular flexibility index (Phi) is 3.97. The molecule has 2 N–H and O–H groups in total. The van der Waals surface area contributed by atoms with Gasteiger partial charge in [0, 0.05) is 26.2 Å². The lowest BCUT2D eigenvalue weighted by molar-refractivity contribution is -0.156. The first-order valence-corrected chi connectivity index (χ1v) is 8.03. The zero-order valence-electron chi connectivity index (χ0n) is 11.9. The summed E-state index contributed by atoms with van der Waals surface area (Å²) in [4.78, 5) is 28.3. The molecule has 0 saturated carbocycles. The second kappa shape index (κ2) is 5.75. The molecule has 0 radical (unpaired) electrons. The average Bonchev–Trinajstić information content (AvgIpc) is 2.95. The van der Waals surface area contributed by atoms with Gasteiger partial charge in [-0.1, -0.05) is 0 Å². The third-order valence-electron chi connectivity index (χ3n) is 4.08. The maximum atomic E-state index is 12.3. The number of piperazine rings is 2. The highest BCUT2D eigenvalue weighted by Gasteiger charge is 2.44. The number of nitrogens with one attached hydrogen (secondary N) is 1. The Morgan fingerprint density at radius 2 is 2.29 bits per heavy atom. The normalized spacial score (nSPS) is 28.2. The van der Waals surface area contributed by atoms with Crippen molar-refractivity contribution in [2.24, 2.45) is 0 Å². The molecular weight excluding hydrogens is 290 g/mol. The van der Waals surface area contributed by atoms with Crippen LogP contribution in [0.2, 0.25) is 0 Å². The summed E-state index contributed by atoms with van der Waals surface area (Å²) in [6.45, 7) is 4.15. The van der Waals surface area contributed by atoms with E-state index >= 15 is 0 Å². The maximum Gasteiger partial charge on any atom is 0.248 e. The van der Waals surface area contributed by atoms with E-state index in [-0.39, 0.29) is 11.8 Å². The van der Waals surface area contributed by atoms with Crippen molar-refractivity contribution in [3.05, 3.63) is 22.4 Å². The summed E-state index contributed by atoms with van der Waals surface area (Å²) in [5, 5.41) is 16.4. The summed E-state index contributed by atoms with van der Waals surface area (Å²) in [7, 11) is 0. The SMILES string of the molecule is C[C@H](O)[C@H]1NC(=O)[C@H]2CN(Cc3ccsc3)CCN2C1=O. The second-order valence-corrected chi connectivity index (χ2v) is 6.42. The Bertz CT molecular complexity index is 532. The molecule has 0 bridgehead atoms. The van der Waals surface area contributed by atoms with Crippen molar-refractivity contribution in [3.8, 4) is 0 Å². The van der Waals surface area contributed by atoms with Crippen LogP contribution >= 0.6 is 11.3 Å². The second-order valence-electron chi connectivity index (χ2n) is 5.64. The molecule has 0 unspecified atom stereocenters. The van der Waals surface area contributed by atoms with E-state index in [0.717, 1.165) is 13.1 Å². The smallest absolute Gasteiger partial charge is 0.248 e. The molecule has 2 fully saturated rings. The number of carbonyl (C=O) groups is 2. The van der Waals surface area contributed by atoms with Crippen LogP contribution in [0.1, 0.15) is 12.5 Å². The van der Waals surface area contributed by atoms with Gasteiger partial charge in [-0.3, -0.25) is 14.5 Å². The number of fused-ring (bicyclic) bond motifs is 1. The van der Waals surface area contributed by atoms with Crippen molar-refractivity contribution in [2.75, 3.05) is 19.6 Å². The Morgan fingerprint density at radius 1 is 1.48 bits per heavy atom. The van der Waals surface area contributed by atoms with Gasteiger partial charge in [-0.25, -0.2) is 0 Å². The van der Waals surface area contributed by atoms with Gasteiger partial charge in [0.1, 0.15) is 12.1 Å². The molecule has 6 nitrogen and oxygen atoms in total. The van der Waals surface area contributed by atoms with E-state index in [1.54, 1.807) is 16.2 Å². The molecule has 0 aliphatic carbocycles. The molecule has 0 aromatic carbocycles. The third-order valence-corrected chi connectivity index (χ3v) is 4.81. The van der Waals surface area contributed by atoms with Crippen molar-refractivity contribution < 1.29 is 14.7 Å². The topological polar surface area (TPSA) is 72.9 Å². The van der Waals surface area contributed by atoms with Crippen molar-refractivity contribution in [2.45, 2.75) is 31.7 Å². The minimum absolute atomic E-state index is 0.171. The summed E-state index contributed by atoms with van der Waals surface area (Å²) < 4.78 is 0. The number of hydrogen-bond acceptors (Lipinski definition) is 5. The van der Waals surface area contributed by atoms with Crippen molar-refractivity contribution in [1.29, 1.82) is 0 Å². The van der Waals surface area contributed by atoms with Gasteiger partial charge >= 0.3 is 0 Å². The zero-order chi connectivity index (χ0) is 15.0. The highest BCUT2D eigenvalue weighted by atomic mass is 32.1. The molecular formula is C14H19N3O3S. The van der Waals surface area contributed by atoms with E-state index < -0.39 is 18.2 Å². The first kappa shape index (κ1) is 14.5. The van der Waals surface area contributed by atoms with Crippen LogP contribution in [-0.2, 0) is 16.1 Å². The molecule has 21 heavy (non-hydrogen) atoms. The standard InChI is InChI=1S/C14H19N3O3S/c1-9(18)12-14(20)17-4-3-16(6-10-2-5-21-8-10)7-11(17)13(19)15-12/h2,5,8-9,11-12,18H,3-4,6-7H2,1H3,(H,15,19)/t9-,11+,12+/m0/s1. The predicted octanol–water partition coefficient (Wildman–Crippen LogP) is -0.360. The molecule has 1 aromatic rings. The number of amides is 2. The summed E-state index contributed by atoms with van der Waals surface area (Å²) in [5.41, 5.74) is 1.23. The molecule has 3 rings (SSSR count). The van der Waals surface area contributed by atoms with Crippen LogP contribution in [-0.4, -0.2) is 64.5 Å². The van der Waals surface area contributed by atoms with Gasteiger partial charge in [0.25, 0.3) is 0 Å². The Balaban J connectivity index is 1.69. The Hall–Kier alpha value is -1.44. The van der Waals surface area contributed by atoms with E-state index in [9.17, 15) is 14.7 Å². The fourth-order valence-electron chi connectivity index (χ4n) is 2.93. The first-order valence-electron chi connectivity index (χ1n) is 7.08. The largest absolute Gasteiger partial charge is 0.391 e. The fourth-order valence-corrected chi connectivity index (χ4v) is 3.59. The van der Waals surface area contributed by atoms with Crippen LogP contribution in [0.3, 0.4) is 0 Å². The predicted molar refractivity (Wildman–Crippen MR) is 78.7 cm³/mol. The summed E-state index contributed by atoms with van der Waals surface area (Å²) >= 11 is 1.66. The van der Waals surface area contributed by atoms with Crippen LogP contribution < -0.4 is 5.32 Å². The van der Waals surface area contributed by atoms with Crippen LogP contribution in [0, 0.1) is 0 Å². The lowest BCUT2D eigenvalue weighted by Crippen LogP contribution is -2.70. The molecule has 114 valence electrons. The van der Waals surface area contributed by atoms with Gasteiger partial charge in [0.05, 0.1) is 6.10 Å². The lowest BCUT2D eigenvalue weighted by Gasteiger charge is -2.45. The number of aliphatic hydroxyl groups is 1. The third kappa shape index (κ3) is 2.81. The Labute approximate surface area is 127 Å². The van der Waals surface area contributed by atoms with E-state index in [2.05, 4.69) is 21.7 Å². The highest BCUT2D eigenvalue weighted by Crippen LogP contribution is 2.19. The molecule has 0 spiro atoms. The van der Waals surface area contributed by atoms with Gasteiger partial charge in [0.15, 0.2) is 0 Å². The van der Waals surface area contributed by atoms with E-state index in [0.29, 0.717) is 13.1 Å². The van der Waals surface area contributed by atoms with Crippen molar-refractivity contribution in [3.63, 3.8) is 0 Å². The molecule has 2 aliphatic rings. The number of thiophene rings is 1. The maximum absolute atomic E-state index is 12.3. The minimum Gasteiger partial charge on any atom is -0.391 e. The number of rotatable bonds is 3. The van der Waals surface area contributed by atoms with E-state index in [4.69, 9.17) is 0 Å². The van der Waals surface area contributed by atoms with Crippen LogP contribution in [0.4, 0.5) is 0 Å². The van der Waals surface area contributed by atoms with Crippen LogP contribution in [0.15, 0.2) is 16.8 Å². The average molecular weight is 309 g/mol.